The van der Waals surface area contributed by atoms with Gasteiger partial charge in [0.15, 0.2) is 5.82 Å². The first-order valence-electron chi connectivity index (χ1n) is 6.40. The van der Waals surface area contributed by atoms with Crippen LogP contribution in [0.1, 0.15) is 12.8 Å². The summed E-state index contributed by atoms with van der Waals surface area (Å²) >= 11 is 3.47. The van der Waals surface area contributed by atoms with Gasteiger partial charge >= 0.3 is 0 Å². The molecule has 7 nitrogen and oxygen atoms in total. The van der Waals surface area contributed by atoms with Crippen LogP contribution in [0.2, 0.25) is 0 Å². The van der Waals surface area contributed by atoms with Crippen molar-refractivity contribution in [3.05, 3.63) is 23.2 Å². The SMILES string of the molecule is Nc1ncnn2c(Br)cc(-c3cn(CC4CC4)nn3)c12. The fourth-order valence-corrected chi connectivity index (χ4v) is 2.80. The van der Waals surface area contributed by atoms with E-state index in [4.69, 9.17) is 5.73 Å². The Morgan fingerprint density at radius 1 is 1.40 bits per heavy atom. The largest absolute Gasteiger partial charge is 0.382 e. The highest BCUT2D eigenvalue weighted by atomic mass is 79.9. The Bertz CT molecular complexity index is 786. The third kappa shape index (κ3) is 1.87. The average molecular weight is 334 g/mol. The Kier molecular flexibility index (Phi) is 2.53. The molecule has 20 heavy (non-hydrogen) atoms. The van der Waals surface area contributed by atoms with Crippen molar-refractivity contribution < 1.29 is 0 Å². The molecule has 0 radical (unpaired) electrons. The maximum atomic E-state index is 5.96. The van der Waals surface area contributed by atoms with Crippen molar-refractivity contribution in [1.82, 2.24) is 29.6 Å². The van der Waals surface area contributed by atoms with Crippen molar-refractivity contribution in [1.29, 1.82) is 0 Å². The van der Waals surface area contributed by atoms with Gasteiger partial charge in [-0.25, -0.2) is 9.50 Å². The summed E-state index contributed by atoms with van der Waals surface area (Å²) in [6.07, 6.45) is 5.96. The molecule has 1 aliphatic rings. The lowest BCUT2D eigenvalue weighted by Crippen LogP contribution is -1.99. The predicted molar refractivity (Wildman–Crippen MR) is 76.8 cm³/mol. The number of aromatic nitrogens is 6. The first-order chi connectivity index (χ1) is 9.72. The summed E-state index contributed by atoms with van der Waals surface area (Å²) in [6.45, 7) is 0.936. The van der Waals surface area contributed by atoms with Crippen molar-refractivity contribution in [2.24, 2.45) is 5.92 Å². The second-order valence-electron chi connectivity index (χ2n) is 5.06. The molecule has 0 unspecified atom stereocenters. The van der Waals surface area contributed by atoms with Crippen LogP contribution in [0.5, 0.6) is 0 Å². The molecule has 1 aliphatic carbocycles. The lowest BCUT2D eigenvalue weighted by Gasteiger charge is -1.99. The zero-order chi connectivity index (χ0) is 13.7. The lowest BCUT2D eigenvalue weighted by molar-refractivity contribution is 0.544. The Morgan fingerprint density at radius 3 is 3.05 bits per heavy atom. The predicted octanol–water partition coefficient (Wildman–Crippen LogP) is 1.74. The van der Waals surface area contributed by atoms with E-state index in [0.717, 1.165) is 33.8 Å². The third-order valence-corrected chi connectivity index (χ3v) is 4.06. The second kappa shape index (κ2) is 4.27. The lowest BCUT2D eigenvalue weighted by atomic mass is 10.2. The van der Waals surface area contributed by atoms with Crippen molar-refractivity contribution in [2.75, 3.05) is 5.73 Å². The van der Waals surface area contributed by atoms with E-state index in [-0.39, 0.29) is 0 Å². The molecule has 1 fully saturated rings. The molecule has 0 aromatic carbocycles. The minimum atomic E-state index is 0.428. The van der Waals surface area contributed by atoms with E-state index in [1.54, 1.807) is 4.52 Å². The van der Waals surface area contributed by atoms with Crippen LogP contribution in [0, 0.1) is 5.92 Å². The Morgan fingerprint density at radius 2 is 2.25 bits per heavy atom. The molecule has 2 N–H and O–H groups in total. The number of rotatable bonds is 3. The van der Waals surface area contributed by atoms with Gasteiger partial charge in [-0.3, -0.25) is 4.68 Å². The number of nitrogen functional groups attached to an aromatic ring is 1. The molecule has 8 heteroatoms. The van der Waals surface area contributed by atoms with Gasteiger partial charge in [0, 0.05) is 12.1 Å². The van der Waals surface area contributed by atoms with Crippen molar-refractivity contribution in [2.45, 2.75) is 19.4 Å². The molecule has 3 aromatic heterocycles. The molecule has 0 aliphatic heterocycles. The third-order valence-electron chi connectivity index (χ3n) is 3.50. The normalized spacial score (nSPS) is 15.1. The maximum Gasteiger partial charge on any atom is 0.152 e. The molecule has 0 spiro atoms. The number of nitrogens with zero attached hydrogens (tertiary/aromatic N) is 6. The molecular formula is C12H12BrN7. The fourth-order valence-electron chi connectivity index (χ4n) is 2.30. The summed E-state index contributed by atoms with van der Waals surface area (Å²) in [4.78, 5) is 4.04. The van der Waals surface area contributed by atoms with E-state index in [9.17, 15) is 0 Å². The summed E-state index contributed by atoms with van der Waals surface area (Å²) in [6, 6.07) is 1.94. The van der Waals surface area contributed by atoms with E-state index in [0.29, 0.717) is 5.82 Å². The van der Waals surface area contributed by atoms with Gasteiger partial charge in [0.1, 0.15) is 22.1 Å². The monoisotopic (exact) mass is 333 g/mol. The minimum Gasteiger partial charge on any atom is -0.382 e. The quantitative estimate of drug-likeness (QED) is 0.788. The minimum absolute atomic E-state index is 0.428. The van der Waals surface area contributed by atoms with Gasteiger partial charge in [-0.1, -0.05) is 5.21 Å². The van der Waals surface area contributed by atoms with Crippen LogP contribution in [0.4, 0.5) is 5.82 Å². The summed E-state index contributed by atoms with van der Waals surface area (Å²) in [7, 11) is 0. The summed E-state index contributed by atoms with van der Waals surface area (Å²) in [5, 5.41) is 12.6. The van der Waals surface area contributed by atoms with Gasteiger partial charge in [-0.15, -0.1) is 5.10 Å². The Labute approximate surface area is 122 Å². The van der Waals surface area contributed by atoms with Crippen molar-refractivity contribution in [3.8, 4) is 11.3 Å². The fraction of sp³-hybridized carbons (Fsp3) is 0.333. The van der Waals surface area contributed by atoms with Gasteiger partial charge in [0.05, 0.1) is 6.20 Å². The molecule has 102 valence electrons. The van der Waals surface area contributed by atoms with Crippen molar-refractivity contribution >= 4 is 27.3 Å². The van der Waals surface area contributed by atoms with Crippen LogP contribution in [-0.2, 0) is 6.54 Å². The average Bonchev–Trinajstić information content (AvgIpc) is 3.00. The summed E-state index contributed by atoms with van der Waals surface area (Å²) in [5.41, 5.74) is 8.38. The van der Waals surface area contributed by atoms with Gasteiger partial charge in [-0.2, -0.15) is 5.10 Å². The van der Waals surface area contributed by atoms with Crippen LogP contribution in [0.25, 0.3) is 16.8 Å². The highest BCUT2D eigenvalue weighted by molar-refractivity contribution is 9.10. The van der Waals surface area contributed by atoms with E-state index in [1.807, 2.05) is 16.9 Å². The number of fused-ring (bicyclic) bond motifs is 1. The Hall–Kier alpha value is -1.96. The zero-order valence-corrected chi connectivity index (χ0v) is 12.2. The van der Waals surface area contributed by atoms with Crippen LogP contribution >= 0.6 is 15.9 Å². The standard InChI is InChI=1S/C12H12BrN7/c13-10-3-8(11-12(14)15-6-16-20(10)11)9-5-19(18-17-9)4-7-1-2-7/h3,5-7H,1-2,4H2,(H2,14,15,16). The molecule has 0 atom stereocenters. The first-order valence-corrected chi connectivity index (χ1v) is 7.20. The van der Waals surface area contributed by atoms with Crippen LogP contribution < -0.4 is 5.73 Å². The number of halogens is 1. The molecule has 0 saturated heterocycles. The molecular weight excluding hydrogens is 322 g/mol. The summed E-state index contributed by atoms with van der Waals surface area (Å²) < 4.78 is 4.41. The number of hydrogen-bond donors (Lipinski definition) is 1. The van der Waals surface area contributed by atoms with Crippen LogP contribution in [-0.4, -0.2) is 29.6 Å². The molecule has 0 amide bonds. The van der Waals surface area contributed by atoms with Crippen molar-refractivity contribution in [3.63, 3.8) is 0 Å². The molecule has 3 heterocycles. The van der Waals surface area contributed by atoms with E-state index < -0.39 is 0 Å². The molecule has 1 saturated carbocycles. The van der Waals surface area contributed by atoms with E-state index >= 15 is 0 Å². The second-order valence-corrected chi connectivity index (χ2v) is 5.87. The topological polar surface area (TPSA) is 86.9 Å². The van der Waals surface area contributed by atoms with Crippen LogP contribution in [0.15, 0.2) is 23.2 Å². The van der Waals surface area contributed by atoms with E-state index in [1.165, 1.54) is 19.2 Å². The summed E-state index contributed by atoms with van der Waals surface area (Å²) in [5.74, 6) is 1.19. The first kappa shape index (κ1) is 11.8. The number of nitrogens with two attached hydrogens (primary N) is 1. The number of hydrogen-bond acceptors (Lipinski definition) is 5. The zero-order valence-electron chi connectivity index (χ0n) is 10.6. The van der Waals surface area contributed by atoms with Gasteiger partial charge in [-0.05, 0) is 40.8 Å². The smallest absolute Gasteiger partial charge is 0.152 e. The highest BCUT2D eigenvalue weighted by Gasteiger charge is 2.23. The Balaban J connectivity index is 1.82. The van der Waals surface area contributed by atoms with Gasteiger partial charge in [0.25, 0.3) is 0 Å². The maximum absolute atomic E-state index is 5.96. The molecule has 4 rings (SSSR count). The number of anilines is 1. The molecule has 3 aromatic rings. The molecule has 0 bridgehead atoms. The van der Waals surface area contributed by atoms with Gasteiger partial charge in [0.2, 0.25) is 0 Å². The van der Waals surface area contributed by atoms with Gasteiger partial charge < -0.3 is 5.73 Å². The highest BCUT2D eigenvalue weighted by Crippen LogP contribution is 2.33. The van der Waals surface area contributed by atoms with Crippen LogP contribution in [0.3, 0.4) is 0 Å². The van der Waals surface area contributed by atoms with E-state index in [2.05, 4.69) is 36.3 Å².